The Morgan fingerprint density at radius 1 is 1.42 bits per heavy atom. The molecule has 2 aromatic heterocycles. The average molecular weight is 259 g/mol. The van der Waals surface area contributed by atoms with Gasteiger partial charge >= 0.3 is 6.09 Å². The number of pyridine rings is 1. The number of aryl methyl sites for hydroxylation is 1. The topological polar surface area (TPSA) is 95.0 Å². The van der Waals surface area contributed by atoms with Crippen molar-refractivity contribution in [1.29, 1.82) is 0 Å². The van der Waals surface area contributed by atoms with Gasteiger partial charge in [-0.15, -0.1) is 0 Å². The van der Waals surface area contributed by atoms with Crippen molar-refractivity contribution < 1.29 is 9.90 Å². The predicted octanol–water partition coefficient (Wildman–Crippen LogP) is 1.25. The third-order valence-electron chi connectivity index (χ3n) is 3.16. The van der Waals surface area contributed by atoms with Gasteiger partial charge in [0.2, 0.25) is 0 Å². The number of carbonyl (C=O) groups is 1. The molecule has 1 amide bonds. The first-order valence-corrected chi connectivity index (χ1v) is 5.97. The third-order valence-corrected chi connectivity index (χ3v) is 3.16. The SMILES string of the molecule is Cc1cccc(-c2n[nH]c(C3CN(C(=O)O)C3)n2)n1. The fourth-order valence-electron chi connectivity index (χ4n) is 2.05. The fraction of sp³-hybridized carbons (Fsp3) is 0.333. The Kier molecular flexibility index (Phi) is 2.66. The zero-order chi connectivity index (χ0) is 13.4. The highest BCUT2D eigenvalue weighted by atomic mass is 16.4. The van der Waals surface area contributed by atoms with E-state index < -0.39 is 6.09 Å². The highest BCUT2D eigenvalue weighted by Gasteiger charge is 2.33. The lowest BCUT2D eigenvalue weighted by atomic mass is 10.0. The number of hydrogen-bond acceptors (Lipinski definition) is 4. The van der Waals surface area contributed by atoms with Crippen molar-refractivity contribution in [2.45, 2.75) is 12.8 Å². The van der Waals surface area contributed by atoms with E-state index in [2.05, 4.69) is 20.2 Å². The van der Waals surface area contributed by atoms with Gasteiger partial charge in [-0.3, -0.25) is 5.10 Å². The molecule has 0 radical (unpaired) electrons. The van der Waals surface area contributed by atoms with Crippen LogP contribution in [0.3, 0.4) is 0 Å². The van der Waals surface area contributed by atoms with E-state index in [-0.39, 0.29) is 5.92 Å². The number of H-pyrrole nitrogens is 1. The summed E-state index contributed by atoms with van der Waals surface area (Å²) in [5.41, 5.74) is 1.63. The van der Waals surface area contributed by atoms with Gasteiger partial charge in [-0.1, -0.05) is 6.07 Å². The van der Waals surface area contributed by atoms with E-state index in [9.17, 15) is 4.79 Å². The Bertz CT molecular complexity index is 618. The molecule has 2 aromatic rings. The first-order valence-electron chi connectivity index (χ1n) is 5.97. The highest BCUT2D eigenvalue weighted by Crippen LogP contribution is 2.25. The summed E-state index contributed by atoms with van der Waals surface area (Å²) in [5.74, 6) is 1.37. The molecular formula is C12H13N5O2. The first kappa shape index (κ1) is 11.6. The Labute approximate surface area is 109 Å². The van der Waals surface area contributed by atoms with Crippen LogP contribution in [0.15, 0.2) is 18.2 Å². The van der Waals surface area contributed by atoms with Crippen molar-refractivity contribution in [2.24, 2.45) is 0 Å². The van der Waals surface area contributed by atoms with Crippen LogP contribution in [0.25, 0.3) is 11.5 Å². The summed E-state index contributed by atoms with van der Waals surface area (Å²) in [6.45, 7) is 2.84. The van der Waals surface area contributed by atoms with Crippen LogP contribution in [0.5, 0.6) is 0 Å². The van der Waals surface area contributed by atoms with E-state index in [1.807, 2.05) is 25.1 Å². The molecule has 1 aliphatic heterocycles. The van der Waals surface area contributed by atoms with Gasteiger partial charge < -0.3 is 10.0 Å². The molecule has 0 bridgehead atoms. The Hall–Kier alpha value is -2.44. The molecule has 3 heterocycles. The number of rotatable bonds is 2. The number of nitrogens with one attached hydrogen (secondary N) is 1. The molecule has 0 aromatic carbocycles. The number of carboxylic acid groups (broad SMARTS) is 1. The second-order valence-corrected chi connectivity index (χ2v) is 4.59. The molecule has 7 nitrogen and oxygen atoms in total. The molecule has 0 spiro atoms. The second kappa shape index (κ2) is 4.34. The summed E-state index contributed by atoms with van der Waals surface area (Å²) in [7, 11) is 0. The standard InChI is InChI=1S/C12H13N5O2/c1-7-3-2-4-9(13-7)11-14-10(15-16-11)8-5-17(6-8)12(18)19/h2-4,8H,5-6H2,1H3,(H,18,19)(H,14,15,16). The van der Waals surface area contributed by atoms with Crippen molar-refractivity contribution in [2.75, 3.05) is 13.1 Å². The van der Waals surface area contributed by atoms with Crippen molar-refractivity contribution in [3.05, 3.63) is 29.7 Å². The summed E-state index contributed by atoms with van der Waals surface area (Å²) in [6.07, 6.45) is -0.892. The molecular weight excluding hydrogens is 246 g/mol. The summed E-state index contributed by atoms with van der Waals surface area (Å²) < 4.78 is 0. The first-order chi connectivity index (χ1) is 9.13. The van der Waals surface area contributed by atoms with Crippen molar-refractivity contribution in [3.63, 3.8) is 0 Å². The molecule has 2 N–H and O–H groups in total. The Morgan fingerprint density at radius 3 is 2.89 bits per heavy atom. The number of hydrogen-bond donors (Lipinski definition) is 2. The summed E-state index contributed by atoms with van der Waals surface area (Å²) >= 11 is 0. The fourth-order valence-corrected chi connectivity index (χ4v) is 2.05. The van der Waals surface area contributed by atoms with Gasteiger partial charge in [0.05, 0.1) is 5.92 Å². The molecule has 1 fully saturated rings. The number of aromatic amines is 1. The van der Waals surface area contributed by atoms with Crippen molar-refractivity contribution >= 4 is 6.09 Å². The summed E-state index contributed by atoms with van der Waals surface area (Å²) in [4.78, 5) is 20.8. The minimum absolute atomic E-state index is 0.0992. The van der Waals surface area contributed by atoms with Crippen LogP contribution in [0.2, 0.25) is 0 Å². The van der Waals surface area contributed by atoms with Crippen LogP contribution in [0, 0.1) is 6.92 Å². The van der Waals surface area contributed by atoms with E-state index >= 15 is 0 Å². The second-order valence-electron chi connectivity index (χ2n) is 4.59. The average Bonchev–Trinajstić information content (AvgIpc) is 2.75. The highest BCUT2D eigenvalue weighted by molar-refractivity contribution is 5.66. The molecule has 1 aliphatic rings. The van der Waals surface area contributed by atoms with Gasteiger partial charge in [-0.25, -0.2) is 14.8 Å². The van der Waals surface area contributed by atoms with Gasteiger partial charge in [0, 0.05) is 18.8 Å². The predicted molar refractivity (Wildman–Crippen MR) is 66.7 cm³/mol. The van der Waals surface area contributed by atoms with Crippen molar-refractivity contribution in [1.82, 2.24) is 25.1 Å². The van der Waals surface area contributed by atoms with Crippen LogP contribution in [-0.4, -0.2) is 49.4 Å². The minimum Gasteiger partial charge on any atom is -0.465 e. The molecule has 0 saturated carbocycles. The lowest BCUT2D eigenvalue weighted by Crippen LogP contribution is -2.48. The minimum atomic E-state index is -0.892. The molecule has 0 unspecified atom stereocenters. The van der Waals surface area contributed by atoms with Crippen LogP contribution >= 0.6 is 0 Å². The zero-order valence-corrected chi connectivity index (χ0v) is 10.4. The van der Waals surface area contributed by atoms with Gasteiger partial charge in [-0.2, -0.15) is 5.10 Å². The van der Waals surface area contributed by atoms with Gasteiger partial charge in [0.1, 0.15) is 11.5 Å². The van der Waals surface area contributed by atoms with Crippen LogP contribution in [-0.2, 0) is 0 Å². The number of nitrogens with zero attached hydrogens (tertiary/aromatic N) is 4. The van der Waals surface area contributed by atoms with Gasteiger partial charge in [0.15, 0.2) is 5.82 Å². The normalized spacial score (nSPS) is 15.3. The van der Waals surface area contributed by atoms with E-state index in [1.165, 1.54) is 4.90 Å². The quantitative estimate of drug-likeness (QED) is 0.846. The largest absolute Gasteiger partial charge is 0.465 e. The third kappa shape index (κ3) is 2.14. The molecule has 3 rings (SSSR count). The van der Waals surface area contributed by atoms with E-state index in [1.54, 1.807) is 0 Å². The maximum absolute atomic E-state index is 10.7. The Morgan fingerprint density at radius 2 is 2.21 bits per heavy atom. The molecule has 1 saturated heterocycles. The molecule has 0 aliphatic carbocycles. The van der Waals surface area contributed by atoms with E-state index in [0.29, 0.717) is 18.9 Å². The summed E-state index contributed by atoms with van der Waals surface area (Å²) in [6, 6.07) is 5.67. The number of amides is 1. The number of aromatic nitrogens is 4. The van der Waals surface area contributed by atoms with Crippen LogP contribution < -0.4 is 0 Å². The smallest absolute Gasteiger partial charge is 0.407 e. The van der Waals surface area contributed by atoms with Crippen LogP contribution in [0.4, 0.5) is 4.79 Å². The van der Waals surface area contributed by atoms with Gasteiger partial charge in [-0.05, 0) is 19.1 Å². The molecule has 98 valence electrons. The Balaban J connectivity index is 1.76. The molecule has 7 heteroatoms. The monoisotopic (exact) mass is 259 g/mol. The maximum Gasteiger partial charge on any atom is 0.407 e. The van der Waals surface area contributed by atoms with Gasteiger partial charge in [0.25, 0.3) is 0 Å². The van der Waals surface area contributed by atoms with E-state index in [4.69, 9.17) is 5.11 Å². The van der Waals surface area contributed by atoms with Crippen molar-refractivity contribution in [3.8, 4) is 11.5 Å². The maximum atomic E-state index is 10.7. The van der Waals surface area contributed by atoms with E-state index in [0.717, 1.165) is 17.2 Å². The molecule has 0 atom stereocenters. The number of likely N-dealkylation sites (tertiary alicyclic amines) is 1. The van der Waals surface area contributed by atoms with Crippen LogP contribution in [0.1, 0.15) is 17.4 Å². The lowest BCUT2D eigenvalue weighted by molar-refractivity contribution is 0.103. The molecule has 19 heavy (non-hydrogen) atoms. The lowest BCUT2D eigenvalue weighted by Gasteiger charge is -2.35. The summed E-state index contributed by atoms with van der Waals surface area (Å²) in [5, 5.41) is 15.8. The zero-order valence-electron chi connectivity index (χ0n) is 10.4.